The summed E-state index contributed by atoms with van der Waals surface area (Å²) in [5, 5.41) is 18.3. The smallest absolute Gasteiger partial charge is 0.417 e. The third kappa shape index (κ3) is 3.79. The molecular weight excluding hydrogens is 314 g/mol. The van der Waals surface area contributed by atoms with Crippen LogP contribution in [0.5, 0.6) is 11.5 Å². The number of aliphatic hydroxyl groups is 1. The van der Waals surface area contributed by atoms with Gasteiger partial charge in [0.05, 0.1) is 23.3 Å². The van der Waals surface area contributed by atoms with E-state index < -0.39 is 29.2 Å². The van der Waals surface area contributed by atoms with Gasteiger partial charge in [0.15, 0.2) is 0 Å². The zero-order chi connectivity index (χ0) is 17.2. The minimum Gasteiger partial charge on any atom is -0.457 e. The maximum Gasteiger partial charge on any atom is 0.417 e. The average molecular weight is 325 g/mol. The lowest BCUT2D eigenvalue weighted by atomic mass is 10.1. The molecule has 1 unspecified atom stereocenters. The second-order valence-electron chi connectivity index (χ2n) is 4.78. The summed E-state index contributed by atoms with van der Waals surface area (Å²) >= 11 is 0. The highest BCUT2D eigenvalue weighted by Gasteiger charge is 2.34. The van der Waals surface area contributed by atoms with Gasteiger partial charge in [-0.1, -0.05) is 0 Å². The molecule has 3 nitrogen and oxygen atoms in total. The van der Waals surface area contributed by atoms with Crippen molar-refractivity contribution in [2.24, 2.45) is 0 Å². The van der Waals surface area contributed by atoms with Crippen molar-refractivity contribution in [2.45, 2.75) is 19.2 Å². The van der Waals surface area contributed by atoms with Gasteiger partial charge in [-0.3, -0.25) is 0 Å². The Bertz CT molecular complexity index is 764. The Morgan fingerprint density at radius 1 is 1.17 bits per heavy atom. The Morgan fingerprint density at radius 3 is 2.43 bits per heavy atom. The van der Waals surface area contributed by atoms with Crippen molar-refractivity contribution in [3.8, 4) is 17.6 Å². The molecule has 0 radical (unpaired) electrons. The first-order valence-electron chi connectivity index (χ1n) is 6.49. The summed E-state index contributed by atoms with van der Waals surface area (Å²) in [6, 6.07) is 7.65. The molecule has 0 saturated carbocycles. The van der Waals surface area contributed by atoms with Crippen molar-refractivity contribution < 1.29 is 27.4 Å². The second kappa shape index (κ2) is 6.26. The van der Waals surface area contributed by atoms with Gasteiger partial charge in [0.1, 0.15) is 17.3 Å². The molecule has 7 heteroatoms. The van der Waals surface area contributed by atoms with E-state index in [1.807, 2.05) is 0 Å². The molecule has 2 aromatic rings. The van der Waals surface area contributed by atoms with E-state index in [4.69, 9.17) is 10.00 Å². The summed E-state index contributed by atoms with van der Waals surface area (Å²) in [6.07, 6.45) is -5.78. The predicted molar refractivity (Wildman–Crippen MR) is 73.3 cm³/mol. The maximum atomic E-state index is 13.2. The van der Waals surface area contributed by atoms with Crippen LogP contribution in [0.25, 0.3) is 0 Å². The molecule has 23 heavy (non-hydrogen) atoms. The largest absolute Gasteiger partial charge is 0.457 e. The first kappa shape index (κ1) is 16.8. The third-order valence-electron chi connectivity index (χ3n) is 3.07. The van der Waals surface area contributed by atoms with E-state index in [1.165, 1.54) is 25.1 Å². The van der Waals surface area contributed by atoms with Gasteiger partial charge in [0.25, 0.3) is 0 Å². The van der Waals surface area contributed by atoms with E-state index in [-0.39, 0.29) is 17.1 Å². The van der Waals surface area contributed by atoms with E-state index in [0.717, 1.165) is 18.2 Å². The summed E-state index contributed by atoms with van der Waals surface area (Å²) in [6.45, 7) is 1.38. The molecule has 0 saturated heterocycles. The molecule has 0 heterocycles. The third-order valence-corrected chi connectivity index (χ3v) is 3.07. The number of alkyl halides is 3. The summed E-state index contributed by atoms with van der Waals surface area (Å²) in [7, 11) is 0. The van der Waals surface area contributed by atoms with Crippen LogP contribution < -0.4 is 4.74 Å². The van der Waals surface area contributed by atoms with Crippen LogP contribution in [0.2, 0.25) is 0 Å². The first-order chi connectivity index (χ1) is 10.7. The number of nitriles is 1. The molecule has 0 aromatic heterocycles. The van der Waals surface area contributed by atoms with Gasteiger partial charge in [0.2, 0.25) is 0 Å². The molecule has 120 valence electrons. The number of benzene rings is 2. The molecule has 0 bridgehead atoms. The van der Waals surface area contributed by atoms with Crippen LogP contribution >= 0.6 is 0 Å². The van der Waals surface area contributed by atoms with Crippen molar-refractivity contribution >= 4 is 0 Å². The Kier molecular flexibility index (Phi) is 4.57. The lowest BCUT2D eigenvalue weighted by Gasteiger charge is -2.15. The summed E-state index contributed by atoms with van der Waals surface area (Å²) in [5.74, 6) is -0.756. The average Bonchev–Trinajstić information content (AvgIpc) is 2.48. The Hall–Kier alpha value is -2.59. The van der Waals surface area contributed by atoms with Crippen LogP contribution in [-0.2, 0) is 6.18 Å². The summed E-state index contributed by atoms with van der Waals surface area (Å²) < 4.78 is 57.3. The Balaban J connectivity index is 2.44. The number of halogens is 4. The number of nitrogens with zero attached hydrogens (tertiary/aromatic N) is 1. The minimum absolute atomic E-state index is 0.0271. The predicted octanol–water partition coefficient (Wildman–Crippen LogP) is 4.56. The molecule has 1 atom stereocenters. The van der Waals surface area contributed by atoms with Crippen molar-refractivity contribution in [3.05, 3.63) is 58.9 Å². The fourth-order valence-corrected chi connectivity index (χ4v) is 1.98. The Labute approximate surface area is 129 Å². The molecule has 0 fully saturated rings. The highest BCUT2D eigenvalue weighted by atomic mass is 19.4. The van der Waals surface area contributed by atoms with Gasteiger partial charge in [-0.25, -0.2) is 4.39 Å². The molecule has 2 aromatic carbocycles. The number of hydrogen-bond acceptors (Lipinski definition) is 3. The quantitative estimate of drug-likeness (QED) is 0.842. The van der Waals surface area contributed by atoms with Gasteiger partial charge in [-0.2, -0.15) is 18.4 Å². The molecule has 0 aliphatic rings. The lowest BCUT2D eigenvalue weighted by Crippen LogP contribution is -2.08. The highest BCUT2D eigenvalue weighted by molar-refractivity contribution is 5.46. The molecular formula is C16H11F4NO2. The number of aliphatic hydroxyl groups excluding tert-OH is 1. The second-order valence-corrected chi connectivity index (χ2v) is 4.78. The number of hydrogen-bond donors (Lipinski definition) is 1. The van der Waals surface area contributed by atoms with Gasteiger partial charge >= 0.3 is 6.18 Å². The molecule has 0 aliphatic heterocycles. The first-order valence-corrected chi connectivity index (χ1v) is 6.49. The number of ether oxygens (including phenoxy) is 1. The van der Waals surface area contributed by atoms with Crippen LogP contribution in [0.1, 0.15) is 29.7 Å². The van der Waals surface area contributed by atoms with E-state index in [0.29, 0.717) is 6.07 Å². The standard InChI is InChI=1S/C16H11F4NO2/c1-9(22)13-6-11(17)3-5-15(13)23-12-4-2-10(8-21)14(7-12)16(18,19)20/h2-7,9,22H,1H3. The fraction of sp³-hybridized carbons (Fsp3) is 0.188. The van der Waals surface area contributed by atoms with Gasteiger partial charge in [-0.15, -0.1) is 0 Å². The highest BCUT2D eigenvalue weighted by Crippen LogP contribution is 2.36. The van der Waals surface area contributed by atoms with Gasteiger partial charge in [-0.05, 0) is 43.3 Å². The molecule has 0 spiro atoms. The van der Waals surface area contributed by atoms with E-state index in [2.05, 4.69) is 0 Å². The Morgan fingerprint density at radius 2 is 1.87 bits per heavy atom. The SMILES string of the molecule is CC(O)c1cc(F)ccc1Oc1ccc(C#N)c(C(F)(F)F)c1. The lowest BCUT2D eigenvalue weighted by molar-refractivity contribution is -0.137. The number of rotatable bonds is 3. The fourth-order valence-electron chi connectivity index (χ4n) is 1.98. The maximum absolute atomic E-state index is 13.2. The molecule has 0 aliphatic carbocycles. The summed E-state index contributed by atoms with van der Waals surface area (Å²) in [4.78, 5) is 0. The minimum atomic E-state index is -4.71. The van der Waals surface area contributed by atoms with E-state index in [1.54, 1.807) is 0 Å². The van der Waals surface area contributed by atoms with Crippen molar-refractivity contribution in [3.63, 3.8) is 0 Å². The van der Waals surface area contributed by atoms with E-state index >= 15 is 0 Å². The normalized spacial score (nSPS) is 12.6. The van der Waals surface area contributed by atoms with Gasteiger partial charge < -0.3 is 9.84 Å². The van der Waals surface area contributed by atoms with Crippen LogP contribution in [-0.4, -0.2) is 5.11 Å². The molecule has 1 N–H and O–H groups in total. The zero-order valence-electron chi connectivity index (χ0n) is 11.9. The van der Waals surface area contributed by atoms with Crippen LogP contribution in [0.3, 0.4) is 0 Å². The van der Waals surface area contributed by atoms with Gasteiger partial charge in [0, 0.05) is 5.56 Å². The van der Waals surface area contributed by atoms with Crippen LogP contribution in [0.15, 0.2) is 36.4 Å². The zero-order valence-corrected chi connectivity index (χ0v) is 11.9. The van der Waals surface area contributed by atoms with E-state index in [9.17, 15) is 22.7 Å². The topological polar surface area (TPSA) is 53.2 Å². The molecule has 2 rings (SSSR count). The summed E-state index contributed by atoms with van der Waals surface area (Å²) in [5.41, 5.74) is -1.55. The monoisotopic (exact) mass is 325 g/mol. The van der Waals surface area contributed by atoms with Crippen molar-refractivity contribution in [1.29, 1.82) is 5.26 Å². The molecule has 0 amide bonds. The van der Waals surface area contributed by atoms with Crippen LogP contribution in [0.4, 0.5) is 17.6 Å². The van der Waals surface area contributed by atoms with Crippen molar-refractivity contribution in [1.82, 2.24) is 0 Å². The van der Waals surface area contributed by atoms with Crippen molar-refractivity contribution in [2.75, 3.05) is 0 Å². The van der Waals surface area contributed by atoms with Crippen LogP contribution in [0, 0.1) is 17.1 Å².